The molecule has 7 heteroatoms. The van der Waals surface area contributed by atoms with Crippen LogP contribution in [0.1, 0.15) is 31.7 Å². The molecule has 31 heavy (non-hydrogen) atoms. The van der Waals surface area contributed by atoms with Gasteiger partial charge in [-0.25, -0.2) is 9.97 Å². The second kappa shape index (κ2) is 9.98. The number of benzene rings is 2. The number of anilines is 1. The molecule has 2 heterocycles. The molecule has 0 saturated carbocycles. The Hall–Kier alpha value is -2.83. The fraction of sp³-hybridized carbons (Fsp3) is 0.333. The van der Waals surface area contributed by atoms with E-state index in [1.807, 2.05) is 48.6 Å². The molecule has 0 radical (unpaired) electrons. The first kappa shape index (κ1) is 21.4. The van der Waals surface area contributed by atoms with E-state index in [9.17, 15) is 0 Å². The molecule has 4 rings (SSSR count). The van der Waals surface area contributed by atoms with E-state index in [1.54, 1.807) is 0 Å². The number of fused-ring (bicyclic) bond motifs is 2. The third-order valence-electron chi connectivity index (χ3n) is 5.33. The largest absolute Gasteiger partial charge is 0.454 e. The van der Waals surface area contributed by atoms with Crippen molar-refractivity contribution in [3.05, 3.63) is 52.8 Å². The zero-order chi connectivity index (χ0) is 21.6. The van der Waals surface area contributed by atoms with Gasteiger partial charge in [0.25, 0.3) is 0 Å². The molecule has 2 aromatic carbocycles. The SMILES string of the molecule is CCN(CC)CCCNc1nc(/C=C/c2ccc3c(c2)OCO3)nc2ccc(Cl)cc12. The van der Waals surface area contributed by atoms with E-state index in [-0.39, 0.29) is 6.79 Å². The first-order valence-electron chi connectivity index (χ1n) is 10.7. The van der Waals surface area contributed by atoms with E-state index in [1.165, 1.54) is 0 Å². The van der Waals surface area contributed by atoms with Gasteiger partial charge in [-0.2, -0.15) is 0 Å². The molecule has 0 saturated heterocycles. The first-order valence-corrected chi connectivity index (χ1v) is 11.1. The summed E-state index contributed by atoms with van der Waals surface area (Å²) in [6, 6.07) is 11.5. The van der Waals surface area contributed by atoms with Gasteiger partial charge < -0.3 is 19.7 Å². The highest BCUT2D eigenvalue weighted by Gasteiger charge is 2.12. The number of halogens is 1. The van der Waals surface area contributed by atoms with Gasteiger partial charge in [-0.15, -0.1) is 0 Å². The Bertz CT molecular complexity index is 1080. The number of hydrogen-bond acceptors (Lipinski definition) is 6. The third-order valence-corrected chi connectivity index (χ3v) is 5.57. The van der Waals surface area contributed by atoms with Crippen LogP contribution in [0.4, 0.5) is 5.82 Å². The lowest BCUT2D eigenvalue weighted by atomic mass is 10.2. The summed E-state index contributed by atoms with van der Waals surface area (Å²) in [5, 5.41) is 5.08. The standard InChI is InChI=1S/C24H27ClN4O2/c1-3-29(4-2)13-5-12-26-24-19-15-18(25)8-9-20(19)27-23(28-24)11-7-17-6-10-21-22(14-17)31-16-30-21/h6-11,14-15H,3-5,12-13,16H2,1-2H3,(H,26,27,28)/b11-7+. The number of nitrogens with one attached hydrogen (secondary N) is 1. The fourth-order valence-electron chi connectivity index (χ4n) is 3.56. The molecule has 0 atom stereocenters. The highest BCUT2D eigenvalue weighted by Crippen LogP contribution is 2.33. The molecule has 3 aromatic rings. The van der Waals surface area contributed by atoms with Crippen LogP contribution in [0, 0.1) is 0 Å². The lowest BCUT2D eigenvalue weighted by Gasteiger charge is -2.18. The van der Waals surface area contributed by atoms with Crippen LogP contribution in [0.5, 0.6) is 11.5 Å². The van der Waals surface area contributed by atoms with E-state index in [0.717, 1.165) is 66.4 Å². The molecule has 1 N–H and O–H groups in total. The van der Waals surface area contributed by atoms with Crippen molar-refractivity contribution in [1.29, 1.82) is 0 Å². The van der Waals surface area contributed by atoms with Crippen molar-refractivity contribution >= 4 is 40.5 Å². The molecular weight excluding hydrogens is 412 g/mol. The summed E-state index contributed by atoms with van der Waals surface area (Å²) in [6.07, 6.45) is 4.92. The van der Waals surface area contributed by atoms with Crippen LogP contribution >= 0.6 is 11.6 Å². The lowest BCUT2D eigenvalue weighted by molar-refractivity contribution is 0.174. The van der Waals surface area contributed by atoms with Crippen molar-refractivity contribution in [2.24, 2.45) is 0 Å². The lowest BCUT2D eigenvalue weighted by Crippen LogP contribution is -2.25. The minimum Gasteiger partial charge on any atom is -0.454 e. The van der Waals surface area contributed by atoms with Crippen LogP contribution in [0.15, 0.2) is 36.4 Å². The van der Waals surface area contributed by atoms with Crippen molar-refractivity contribution in [2.75, 3.05) is 38.3 Å². The topological polar surface area (TPSA) is 59.5 Å². The highest BCUT2D eigenvalue weighted by atomic mass is 35.5. The molecule has 0 amide bonds. The number of aromatic nitrogens is 2. The van der Waals surface area contributed by atoms with E-state index >= 15 is 0 Å². The molecule has 1 aromatic heterocycles. The number of hydrogen-bond donors (Lipinski definition) is 1. The highest BCUT2D eigenvalue weighted by molar-refractivity contribution is 6.31. The molecular formula is C24H27ClN4O2. The predicted molar refractivity (Wildman–Crippen MR) is 127 cm³/mol. The minimum absolute atomic E-state index is 0.266. The zero-order valence-corrected chi connectivity index (χ0v) is 18.7. The van der Waals surface area contributed by atoms with Crippen molar-refractivity contribution in [3.8, 4) is 11.5 Å². The third kappa shape index (κ3) is 5.27. The van der Waals surface area contributed by atoms with E-state index in [4.69, 9.17) is 26.1 Å². The minimum atomic E-state index is 0.266. The molecule has 162 valence electrons. The molecule has 0 fully saturated rings. The Labute approximate surface area is 187 Å². The van der Waals surface area contributed by atoms with Crippen molar-refractivity contribution in [1.82, 2.24) is 14.9 Å². The summed E-state index contributed by atoms with van der Waals surface area (Å²) >= 11 is 6.23. The Morgan fingerprint density at radius 2 is 1.87 bits per heavy atom. The predicted octanol–water partition coefficient (Wildman–Crippen LogP) is 5.33. The van der Waals surface area contributed by atoms with Crippen LogP contribution in [-0.2, 0) is 0 Å². The maximum Gasteiger partial charge on any atom is 0.231 e. The summed E-state index contributed by atoms with van der Waals surface area (Å²) in [6.45, 7) is 8.67. The number of ether oxygens (including phenoxy) is 2. The summed E-state index contributed by atoms with van der Waals surface area (Å²) in [7, 11) is 0. The van der Waals surface area contributed by atoms with Crippen LogP contribution in [0.25, 0.3) is 23.1 Å². The molecule has 0 spiro atoms. The second-order valence-electron chi connectivity index (χ2n) is 7.35. The van der Waals surface area contributed by atoms with Crippen molar-refractivity contribution in [2.45, 2.75) is 20.3 Å². The monoisotopic (exact) mass is 438 g/mol. The molecule has 1 aliphatic rings. The normalized spacial score (nSPS) is 12.9. The van der Waals surface area contributed by atoms with Gasteiger partial charge in [-0.05, 0) is 68.0 Å². The average molecular weight is 439 g/mol. The van der Waals surface area contributed by atoms with Gasteiger partial charge in [0.2, 0.25) is 6.79 Å². The van der Waals surface area contributed by atoms with E-state index < -0.39 is 0 Å². The second-order valence-corrected chi connectivity index (χ2v) is 7.78. The molecule has 6 nitrogen and oxygen atoms in total. The van der Waals surface area contributed by atoms with Gasteiger partial charge in [-0.1, -0.05) is 37.6 Å². The van der Waals surface area contributed by atoms with Crippen molar-refractivity contribution < 1.29 is 9.47 Å². The molecule has 1 aliphatic heterocycles. The Balaban J connectivity index is 1.54. The average Bonchev–Trinajstić information content (AvgIpc) is 3.26. The summed E-state index contributed by atoms with van der Waals surface area (Å²) < 4.78 is 10.8. The van der Waals surface area contributed by atoms with Crippen LogP contribution in [-0.4, -0.2) is 47.8 Å². The van der Waals surface area contributed by atoms with E-state index in [2.05, 4.69) is 29.0 Å². The van der Waals surface area contributed by atoms with Crippen molar-refractivity contribution in [3.63, 3.8) is 0 Å². The Morgan fingerprint density at radius 3 is 2.71 bits per heavy atom. The summed E-state index contributed by atoms with van der Waals surface area (Å²) in [4.78, 5) is 11.8. The van der Waals surface area contributed by atoms with Gasteiger partial charge in [0, 0.05) is 17.0 Å². The van der Waals surface area contributed by atoms with Gasteiger partial charge in [-0.3, -0.25) is 0 Å². The van der Waals surface area contributed by atoms with Crippen LogP contribution in [0.3, 0.4) is 0 Å². The summed E-state index contributed by atoms with van der Waals surface area (Å²) in [5.41, 5.74) is 1.86. The number of rotatable bonds is 9. The zero-order valence-electron chi connectivity index (χ0n) is 17.9. The maximum absolute atomic E-state index is 6.23. The summed E-state index contributed by atoms with van der Waals surface area (Å²) in [5.74, 6) is 2.97. The quantitative estimate of drug-likeness (QED) is 0.456. The van der Waals surface area contributed by atoms with Crippen LogP contribution in [0.2, 0.25) is 5.02 Å². The molecule has 0 unspecified atom stereocenters. The van der Waals surface area contributed by atoms with Gasteiger partial charge >= 0.3 is 0 Å². The number of nitrogens with zero attached hydrogens (tertiary/aromatic N) is 3. The first-order chi connectivity index (χ1) is 15.2. The van der Waals surface area contributed by atoms with Crippen LogP contribution < -0.4 is 14.8 Å². The molecule has 0 bridgehead atoms. The maximum atomic E-state index is 6.23. The Kier molecular flexibility index (Phi) is 6.89. The Morgan fingerprint density at radius 1 is 1.03 bits per heavy atom. The smallest absolute Gasteiger partial charge is 0.231 e. The van der Waals surface area contributed by atoms with Gasteiger partial charge in [0.05, 0.1) is 5.52 Å². The fourth-order valence-corrected chi connectivity index (χ4v) is 3.74. The van der Waals surface area contributed by atoms with Gasteiger partial charge in [0.1, 0.15) is 5.82 Å². The van der Waals surface area contributed by atoms with E-state index in [0.29, 0.717) is 10.8 Å². The van der Waals surface area contributed by atoms with Gasteiger partial charge in [0.15, 0.2) is 17.3 Å². The molecule has 0 aliphatic carbocycles.